The quantitative estimate of drug-likeness (QED) is 0.885. The molecule has 2 aromatic rings. The average molecular weight is 253 g/mol. The molecule has 0 aromatic heterocycles. The summed E-state index contributed by atoms with van der Waals surface area (Å²) in [6.45, 7) is 5.96. The Balaban J connectivity index is 2.15. The minimum Gasteiger partial charge on any atom is -0.346 e. The van der Waals surface area contributed by atoms with Crippen LogP contribution in [0.2, 0.25) is 0 Å². The van der Waals surface area contributed by atoms with Crippen LogP contribution in [0.5, 0.6) is 0 Å². The van der Waals surface area contributed by atoms with Crippen LogP contribution < -0.4 is 5.32 Å². The van der Waals surface area contributed by atoms with Crippen LogP contribution in [0.3, 0.4) is 0 Å². The maximum absolute atomic E-state index is 12.3. The van der Waals surface area contributed by atoms with Gasteiger partial charge in [-0.15, -0.1) is 0 Å². The van der Waals surface area contributed by atoms with E-state index in [2.05, 4.69) is 5.32 Å². The van der Waals surface area contributed by atoms with E-state index < -0.39 is 0 Å². The third-order valence-electron chi connectivity index (χ3n) is 3.28. The Morgan fingerprint density at radius 1 is 1.05 bits per heavy atom. The predicted octanol–water partition coefficient (Wildman–Crippen LogP) is 3.79. The highest BCUT2D eigenvalue weighted by atomic mass is 16.1. The van der Waals surface area contributed by atoms with Crippen molar-refractivity contribution >= 4 is 5.91 Å². The number of rotatable bonds is 3. The second kappa shape index (κ2) is 5.70. The third-order valence-corrected chi connectivity index (χ3v) is 3.28. The number of benzene rings is 2. The number of aryl methyl sites for hydroxylation is 2. The number of nitrogens with one attached hydrogen (secondary N) is 1. The summed E-state index contributed by atoms with van der Waals surface area (Å²) in [6.07, 6.45) is 0. The highest BCUT2D eigenvalue weighted by Crippen LogP contribution is 2.15. The first kappa shape index (κ1) is 13.3. The topological polar surface area (TPSA) is 29.1 Å². The summed E-state index contributed by atoms with van der Waals surface area (Å²) in [5.41, 5.74) is 3.97. The SMILES string of the molecule is Cc1ccc(C)c(C(=O)N[C@H](C)c2ccccc2)c1. The zero-order valence-electron chi connectivity index (χ0n) is 11.6. The molecule has 1 amide bonds. The highest BCUT2D eigenvalue weighted by Gasteiger charge is 2.13. The monoisotopic (exact) mass is 253 g/mol. The van der Waals surface area contributed by atoms with E-state index in [1.165, 1.54) is 0 Å². The third kappa shape index (κ3) is 3.22. The Bertz CT molecular complexity index is 575. The molecular weight excluding hydrogens is 234 g/mol. The van der Waals surface area contributed by atoms with Crippen LogP contribution in [-0.4, -0.2) is 5.91 Å². The summed E-state index contributed by atoms with van der Waals surface area (Å²) in [4.78, 5) is 12.3. The molecule has 0 aliphatic carbocycles. The van der Waals surface area contributed by atoms with Gasteiger partial charge >= 0.3 is 0 Å². The van der Waals surface area contributed by atoms with Crippen LogP contribution in [0.4, 0.5) is 0 Å². The number of hydrogen-bond donors (Lipinski definition) is 1. The Morgan fingerprint density at radius 3 is 2.42 bits per heavy atom. The lowest BCUT2D eigenvalue weighted by Crippen LogP contribution is -2.27. The molecule has 19 heavy (non-hydrogen) atoms. The zero-order chi connectivity index (χ0) is 13.8. The molecule has 2 heteroatoms. The van der Waals surface area contributed by atoms with Gasteiger partial charge in [0.25, 0.3) is 5.91 Å². The smallest absolute Gasteiger partial charge is 0.252 e. The molecule has 1 N–H and O–H groups in total. The second-order valence-corrected chi connectivity index (χ2v) is 4.92. The maximum atomic E-state index is 12.3. The Kier molecular flexibility index (Phi) is 4.00. The number of amides is 1. The molecule has 0 fully saturated rings. The lowest BCUT2D eigenvalue weighted by atomic mass is 10.0. The van der Waals surface area contributed by atoms with Crippen molar-refractivity contribution in [3.8, 4) is 0 Å². The van der Waals surface area contributed by atoms with Gasteiger partial charge in [0.1, 0.15) is 0 Å². The van der Waals surface area contributed by atoms with Crippen LogP contribution in [0.1, 0.15) is 40.0 Å². The highest BCUT2D eigenvalue weighted by molar-refractivity contribution is 5.96. The van der Waals surface area contributed by atoms with Crippen molar-refractivity contribution in [3.63, 3.8) is 0 Å². The van der Waals surface area contributed by atoms with Crippen molar-refractivity contribution in [1.29, 1.82) is 0 Å². The number of carbonyl (C=O) groups is 1. The molecule has 2 rings (SSSR count). The van der Waals surface area contributed by atoms with Gasteiger partial charge < -0.3 is 5.32 Å². The van der Waals surface area contributed by atoms with E-state index in [1.807, 2.05) is 69.3 Å². The fraction of sp³-hybridized carbons (Fsp3) is 0.235. The van der Waals surface area contributed by atoms with Gasteiger partial charge in [0.15, 0.2) is 0 Å². The Labute approximate surface area is 114 Å². The molecule has 2 nitrogen and oxygen atoms in total. The molecular formula is C17H19NO. The van der Waals surface area contributed by atoms with Crippen LogP contribution in [-0.2, 0) is 0 Å². The van der Waals surface area contributed by atoms with Crippen molar-refractivity contribution in [2.75, 3.05) is 0 Å². The van der Waals surface area contributed by atoms with Crippen LogP contribution in [0, 0.1) is 13.8 Å². The average Bonchev–Trinajstić information content (AvgIpc) is 2.42. The molecule has 0 bridgehead atoms. The molecule has 0 saturated heterocycles. The standard InChI is InChI=1S/C17H19NO/c1-12-9-10-13(2)16(11-12)17(19)18-14(3)15-7-5-4-6-8-15/h4-11,14H,1-3H3,(H,18,19)/t14-/m1/s1. The van der Waals surface area contributed by atoms with Gasteiger partial charge in [0.05, 0.1) is 6.04 Å². The van der Waals surface area contributed by atoms with Gasteiger partial charge in [0, 0.05) is 5.56 Å². The summed E-state index contributed by atoms with van der Waals surface area (Å²) < 4.78 is 0. The lowest BCUT2D eigenvalue weighted by molar-refractivity contribution is 0.0939. The summed E-state index contributed by atoms with van der Waals surface area (Å²) in [5, 5.41) is 3.04. The van der Waals surface area contributed by atoms with Crippen LogP contribution in [0.25, 0.3) is 0 Å². The maximum Gasteiger partial charge on any atom is 0.252 e. The largest absolute Gasteiger partial charge is 0.346 e. The van der Waals surface area contributed by atoms with E-state index in [1.54, 1.807) is 0 Å². The molecule has 0 unspecified atom stereocenters. The molecule has 0 aliphatic heterocycles. The van der Waals surface area contributed by atoms with Gasteiger partial charge in [-0.25, -0.2) is 0 Å². The molecule has 98 valence electrons. The van der Waals surface area contributed by atoms with E-state index in [-0.39, 0.29) is 11.9 Å². The first-order chi connectivity index (χ1) is 9.08. The molecule has 0 saturated carbocycles. The summed E-state index contributed by atoms with van der Waals surface area (Å²) in [6, 6.07) is 15.9. The number of hydrogen-bond acceptors (Lipinski definition) is 1. The van der Waals surface area contributed by atoms with Crippen molar-refractivity contribution < 1.29 is 4.79 Å². The molecule has 1 atom stereocenters. The summed E-state index contributed by atoms with van der Waals surface area (Å²) in [7, 11) is 0. The van der Waals surface area contributed by atoms with Gasteiger partial charge in [0.2, 0.25) is 0 Å². The van der Waals surface area contributed by atoms with E-state index in [9.17, 15) is 4.79 Å². The molecule has 0 aliphatic rings. The second-order valence-electron chi connectivity index (χ2n) is 4.92. The van der Waals surface area contributed by atoms with Crippen LogP contribution >= 0.6 is 0 Å². The van der Waals surface area contributed by atoms with Crippen LogP contribution in [0.15, 0.2) is 48.5 Å². The Morgan fingerprint density at radius 2 is 1.74 bits per heavy atom. The first-order valence-electron chi connectivity index (χ1n) is 6.51. The first-order valence-corrected chi connectivity index (χ1v) is 6.51. The van der Waals surface area contributed by atoms with E-state index in [4.69, 9.17) is 0 Å². The minimum atomic E-state index is -0.0162. The van der Waals surface area contributed by atoms with Crippen molar-refractivity contribution in [2.24, 2.45) is 0 Å². The predicted molar refractivity (Wildman–Crippen MR) is 78.2 cm³/mol. The zero-order valence-corrected chi connectivity index (χ0v) is 11.6. The summed E-state index contributed by atoms with van der Waals surface area (Å²) in [5.74, 6) is -0.0162. The molecule has 0 heterocycles. The minimum absolute atomic E-state index is 0.00797. The van der Waals surface area contributed by atoms with Crippen molar-refractivity contribution in [2.45, 2.75) is 26.8 Å². The van der Waals surface area contributed by atoms with E-state index in [0.717, 1.165) is 22.3 Å². The van der Waals surface area contributed by atoms with E-state index >= 15 is 0 Å². The van der Waals surface area contributed by atoms with Gasteiger partial charge in [-0.1, -0.05) is 48.0 Å². The Hall–Kier alpha value is -2.09. The lowest BCUT2D eigenvalue weighted by Gasteiger charge is -2.15. The molecule has 0 radical (unpaired) electrons. The van der Waals surface area contributed by atoms with E-state index in [0.29, 0.717) is 0 Å². The van der Waals surface area contributed by atoms with Crippen molar-refractivity contribution in [1.82, 2.24) is 5.32 Å². The fourth-order valence-electron chi connectivity index (χ4n) is 2.08. The van der Waals surface area contributed by atoms with Gasteiger partial charge in [-0.2, -0.15) is 0 Å². The molecule has 0 spiro atoms. The summed E-state index contributed by atoms with van der Waals surface area (Å²) >= 11 is 0. The van der Waals surface area contributed by atoms with Crippen molar-refractivity contribution in [3.05, 3.63) is 70.8 Å². The van der Waals surface area contributed by atoms with Gasteiger partial charge in [-0.05, 0) is 38.0 Å². The number of carbonyl (C=O) groups excluding carboxylic acids is 1. The normalized spacial score (nSPS) is 11.9. The fourth-order valence-corrected chi connectivity index (χ4v) is 2.08. The van der Waals surface area contributed by atoms with Gasteiger partial charge in [-0.3, -0.25) is 4.79 Å². The molecule has 2 aromatic carbocycles.